The molecule has 2 heterocycles. The highest BCUT2D eigenvalue weighted by atomic mass is 32.2. The fourth-order valence-electron chi connectivity index (χ4n) is 2.28. The van der Waals surface area contributed by atoms with Crippen LogP contribution in [0.25, 0.3) is 0 Å². The van der Waals surface area contributed by atoms with Gasteiger partial charge in [-0.3, -0.25) is 0 Å². The van der Waals surface area contributed by atoms with Gasteiger partial charge in [0, 0.05) is 32.2 Å². The summed E-state index contributed by atoms with van der Waals surface area (Å²) in [6.45, 7) is 4.96. The van der Waals surface area contributed by atoms with Gasteiger partial charge >= 0.3 is 0 Å². The molecule has 0 amide bonds. The molecule has 0 radical (unpaired) electrons. The average Bonchev–Trinajstić information content (AvgIpc) is 2.33. The van der Waals surface area contributed by atoms with E-state index in [9.17, 15) is 8.42 Å². The van der Waals surface area contributed by atoms with Crippen LogP contribution in [0.2, 0.25) is 0 Å². The number of hydrogen-bond acceptors (Lipinski definition) is 4. The maximum absolute atomic E-state index is 12.3. The van der Waals surface area contributed by atoms with Crippen molar-refractivity contribution >= 4 is 10.2 Å². The summed E-state index contributed by atoms with van der Waals surface area (Å²) in [5.41, 5.74) is 5.91. The van der Waals surface area contributed by atoms with Gasteiger partial charge in [0.15, 0.2) is 0 Å². The number of rotatable bonds is 2. The number of piperidine rings is 1. The van der Waals surface area contributed by atoms with Gasteiger partial charge in [-0.1, -0.05) is 6.92 Å². The average molecular weight is 263 g/mol. The molecule has 0 spiro atoms. The first-order valence-electron chi connectivity index (χ1n) is 6.10. The summed E-state index contributed by atoms with van der Waals surface area (Å²) in [5, 5.41) is 0. The lowest BCUT2D eigenvalue weighted by molar-refractivity contribution is 0.0689. The first kappa shape index (κ1) is 13.2. The van der Waals surface area contributed by atoms with E-state index in [4.69, 9.17) is 10.5 Å². The van der Waals surface area contributed by atoms with Gasteiger partial charge in [-0.25, -0.2) is 0 Å². The summed E-state index contributed by atoms with van der Waals surface area (Å²) in [7, 11) is -3.31. The van der Waals surface area contributed by atoms with Crippen molar-refractivity contribution in [1.82, 2.24) is 8.61 Å². The molecule has 2 aliphatic rings. The molecular formula is C10H21N3O3S. The van der Waals surface area contributed by atoms with Gasteiger partial charge in [0.2, 0.25) is 0 Å². The first-order chi connectivity index (χ1) is 8.01. The van der Waals surface area contributed by atoms with Crippen LogP contribution < -0.4 is 5.73 Å². The topological polar surface area (TPSA) is 75.9 Å². The Hall–Kier alpha value is -0.210. The monoisotopic (exact) mass is 263 g/mol. The molecular weight excluding hydrogens is 242 g/mol. The summed E-state index contributed by atoms with van der Waals surface area (Å²) < 4.78 is 32.9. The lowest BCUT2D eigenvalue weighted by Gasteiger charge is -2.38. The highest BCUT2D eigenvalue weighted by Gasteiger charge is 2.35. The van der Waals surface area contributed by atoms with Crippen LogP contribution in [0.4, 0.5) is 0 Å². The molecule has 0 aromatic heterocycles. The van der Waals surface area contributed by atoms with Crippen LogP contribution in [-0.4, -0.2) is 62.5 Å². The molecule has 0 bridgehead atoms. The van der Waals surface area contributed by atoms with Crippen molar-refractivity contribution in [3.63, 3.8) is 0 Å². The van der Waals surface area contributed by atoms with Gasteiger partial charge in [-0.05, 0) is 12.3 Å². The standard InChI is InChI=1S/C10H21N3O3S/c1-9-8-13(3-2-10(9)11)17(14,15)12-4-6-16-7-5-12/h9-10H,2-8,11H2,1H3. The second kappa shape index (κ2) is 5.19. The molecule has 2 unspecified atom stereocenters. The van der Waals surface area contributed by atoms with Crippen molar-refractivity contribution in [3.05, 3.63) is 0 Å². The lowest BCUT2D eigenvalue weighted by atomic mass is 9.96. The third kappa shape index (κ3) is 2.79. The SMILES string of the molecule is CC1CN(S(=O)(=O)N2CCOCC2)CCC1N. The van der Waals surface area contributed by atoms with Crippen molar-refractivity contribution in [2.75, 3.05) is 39.4 Å². The summed E-state index contributed by atoms with van der Waals surface area (Å²) in [6.07, 6.45) is 0.741. The third-order valence-electron chi connectivity index (χ3n) is 3.56. The van der Waals surface area contributed by atoms with Crippen LogP contribution in [-0.2, 0) is 14.9 Å². The van der Waals surface area contributed by atoms with E-state index >= 15 is 0 Å². The molecule has 2 atom stereocenters. The maximum Gasteiger partial charge on any atom is 0.282 e. The molecule has 0 aromatic rings. The molecule has 0 aromatic carbocycles. The van der Waals surface area contributed by atoms with Crippen molar-refractivity contribution < 1.29 is 13.2 Å². The Labute approximate surface area is 103 Å². The zero-order valence-corrected chi connectivity index (χ0v) is 11.0. The smallest absolute Gasteiger partial charge is 0.282 e. The zero-order valence-electron chi connectivity index (χ0n) is 10.2. The first-order valence-corrected chi connectivity index (χ1v) is 7.50. The summed E-state index contributed by atoms with van der Waals surface area (Å²) in [5.74, 6) is 0.222. The van der Waals surface area contributed by atoms with Crippen LogP contribution in [0.1, 0.15) is 13.3 Å². The van der Waals surface area contributed by atoms with Gasteiger partial charge in [0.25, 0.3) is 10.2 Å². The predicted octanol–water partition coefficient (Wildman–Crippen LogP) is -0.767. The Morgan fingerprint density at radius 3 is 2.41 bits per heavy atom. The molecule has 17 heavy (non-hydrogen) atoms. The minimum Gasteiger partial charge on any atom is -0.379 e. The molecule has 7 heteroatoms. The molecule has 0 aliphatic carbocycles. The van der Waals surface area contributed by atoms with E-state index in [1.807, 2.05) is 6.92 Å². The van der Waals surface area contributed by atoms with Crippen LogP contribution in [0.15, 0.2) is 0 Å². The molecule has 2 rings (SSSR count). The van der Waals surface area contributed by atoms with Gasteiger partial charge < -0.3 is 10.5 Å². The highest BCUT2D eigenvalue weighted by Crippen LogP contribution is 2.20. The van der Waals surface area contributed by atoms with Crippen LogP contribution in [0, 0.1) is 5.92 Å². The number of nitrogens with zero attached hydrogens (tertiary/aromatic N) is 2. The fraction of sp³-hybridized carbons (Fsp3) is 1.00. The van der Waals surface area contributed by atoms with E-state index < -0.39 is 10.2 Å². The van der Waals surface area contributed by atoms with E-state index in [1.165, 1.54) is 4.31 Å². The van der Waals surface area contributed by atoms with E-state index in [1.54, 1.807) is 4.31 Å². The molecule has 2 saturated heterocycles. The van der Waals surface area contributed by atoms with Crippen molar-refractivity contribution in [3.8, 4) is 0 Å². The van der Waals surface area contributed by atoms with Gasteiger partial charge in [-0.15, -0.1) is 0 Å². The van der Waals surface area contributed by atoms with Crippen molar-refractivity contribution in [2.24, 2.45) is 11.7 Å². The zero-order chi connectivity index (χ0) is 12.5. The molecule has 100 valence electrons. The third-order valence-corrected chi connectivity index (χ3v) is 5.56. The minimum absolute atomic E-state index is 0.117. The quantitative estimate of drug-likeness (QED) is 0.710. The minimum atomic E-state index is -3.31. The van der Waals surface area contributed by atoms with E-state index in [0.717, 1.165) is 6.42 Å². The Morgan fingerprint density at radius 1 is 1.18 bits per heavy atom. The Kier molecular flexibility index (Phi) is 4.04. The van der Waals surface area contributed by atoms with E-state index in [0.29, 0.717) is 39.4 Å². The van der Waals surface area contributed by atoms with E-state index in [-0.39, 0.29) is 12.0 Å². The number of nitrogens with two attached hydrogens (primary N) is 1. The second-order valence-corrected chi connectivity index (χ2v) is 6.74. The number of morpholine rings is 1. The molecule has 2 aliphatic heterocycles. The van der Waals surface area contributed by atoms with Gasteiger partial charge in [0.05, 0.1) is 13.2 Å². The van der Waals surface area contributed by atoms with Gasteiger partial charge in [0.1, 0.15) is 0 Å². The number of hydrogen-bond donors (Lipinski definition) is 1. The molecule has 6 nitrogen and oxygen atoms in total. The molecule has 0 saturated carbocycles. The lowest BCUT2D eigenvalue weighted by Crippen LogP contribution is -2.54. The summed E-state index contributed by atoms with van der Waals surface area (Å²) in [4.78, 5) is 0. The summed E-state index contributed by atoms with van der Waals surface area (Å²) in [6, 6.07) is 0.117. The van der Waals surface area contributed by atoms with Crippen molar-refractivity contribution in [1.29, 1.82) is 0 Å². The second-order valence-electron chi connectivity index (χ2n) is 4.81. The van der Waals surface area contributed by atoms with Crippen molar-refractivity contribution in [2.45, 2.75) is 19.4 Å². The molecule has 2 fully saturated rings. The van der Waals surface area contributed by atoms with Crippen LogP contribution in [0.5, 0.6) is 0 Å². The Morgan fingerprint density at radius 2 is 1.82 bits per heavy atom. The normalized spacial score (nSPS) is 33.8. The van der Waals surface area contributed by atoms with E-state index in [2.05, 4.69) is 0 Å². The summed E-state index contributed by atoms with van der Waals surface area (Å²) >= 11 is 0. The van der Waals surface area contributed by atoms with Crippen LogP contribution in [0.3, 0.4) is 0 Å². The predicted molar refractivity (Wildman–Crippen MR) is 64.6 cm³/mol. The fourth-order valence-corrected chi connectivity index (χ4v) is 3.97. The Bertz CT molecular complexity index is 354. The van der Waals surface area contributed by atoms with Crippen LogP contribution >= 0.6 is 0 Å². The Balaban J connectivity index is 2.04. The molecule has 2 N–H and O–H groups in total. The largest absolute Gasteiger partial charge is 0.379 e. The number of ether oxygens (including phenoxy) is 1. The van der Waals surface area contributed by atoms with Gasteiger partial charge in [-0.2, -0.15) is 17.0 Å². The maximum atomic E-state index is 12.3. The highest BCUT2D eigenvalue weighted by molar-refractivity contribution is 7.86.